The Bertz CT molecular complexity index is 921. The summed E-state index contributed by atoms with van der Waals surface area (Å²) < 4.78 is 21.2. The molecular formula is C19H19N3O5. The molecule has 0 unspecified atom stereocenters. The number of carbonyl (C=O) groups is 1. The fraction of sp³-hybridized carbons (Fsp3) is 0.211. The molecule has 0 radical (unpaired) electrons. The lowest BCUT2D eigenvalue weighted by Gasteiger charge is -2.07. The van der Waals surface area contributed by atoms with Crippen LogP contribution in [0.5, 0.6) is 17.2 Å². The number of nitrogens with zero attached hydrogens (tertiary/aromatic N) is 2. The molecule has 3 rings (SSSR count). The predicted molar refractivity (Wildman–Crippen MR) is 98.2 cm³/mol. The van der Waals surface area contributed by atoms with E-state index in [1.807, 2.05) is 12.1 Å². The van der Waals surface area contributed by atoms with Crippen molar-refractivity contribution in [1.82, 2.24) is 10.2 Å². The molecule has 0 atom stereocenters. The summed E-state index contributed by atoms with van der Waals surface area (Å²) in [5, 5.41) is 10.4. The van der Waals surface area contributed by atoms with Gasteiger partial charge < -0.3 is 18.6 Å². The number of amides is 1. The maximum Gasteiger partial charge on any atom is 0.322 e. The van der Waals surface area contributed by atoms with Crippen LogP contribution in [-0.4, -0.2) is 37.4 Å². The molecule has 0 bridgehead atoms. The zero-order chi connectivity index (χ0) is 19.2. The first-order valence-corrected chi connectivity index (χ1v) is 8.11. The second-order valence-corrected chi connectivity index (χ2v) is 5.55. The van der Waals surface area contributed by atoms with Gasteiger partial charge in [-0.2, -0.15) is 0 Å². The second kappa shape index (κ2) is 8.22. The molecule has 1 N–H and O–H groups in total. The van der Waals surface area contributed by atoms with E-state index in [2.05, 4.69) is 15.5 Å². The van der Waals surface area contributed by atoms with Crippen molar-refractivity contribution in [2.75, 3.05) is 26.6 Å². The van der Waals surface area contributed by atoms with Crippen molar-refractivity contribution in [1.29, 1.82) is 0 Å². The molecule has 27 heavy (non-hydrogen) atoms. The molecule has 2 aromatic carbocycles. The molecule has 0 fully saturated rings. The molecule has 8 nitrogen and oxygen atoms in total. The lowest BCUT2D eigenvalue weighted by Crippen LogP contribution is -2.14. The molecule has 0 saturated carbocycles. The minimum absolute atomic E-state index is 0.00776. The van der Waals surface area contributed by atoms with Crippen LogP contribution in [-0.2, 0) is 11.2 Å². The molecule has 1 amide bonds. The van der Waals surface area contributed by atoms with E-state index in [1.54, 1.807) is 51.7 Å². The van der Waals surface area contributed by atoms with Gasteiger partial charge in [-0.1, -0.05) is 17.2 Å². The smallest absolute Gasteiger partial charge is 0.322 e. The number of aromatic nitrogens is 2. The van der Waals surface area contributed by atoms with Gasteiger partial charge in [-0.05, 0) is 35.9 Å². The van der Waals surface area contributed by atoms with Crippen LogP contribution in [0, 0.1) is 0 Å². The lowest BCUT2D eigenvalue weighted by atomic mass is 10.1. The summed E-state index contributed by atoms with van der Waals surface area (Å²) >= 11 is 0. The van der Waals surface area contributed by atoms with Crippen molar-refractivity contribution in [3.8, 4) is 28.7 Å². The Kier molecular flexibility index (Phi) is 5.55. The minimum atomic E-state index is -0.270. The zero-order valence-corrected chi connectivity index (χ0v) is 15.2. The monoisotopic (exact) mass is 369 g/mol. The van der Waals surface area contributed by atoms with E-state index in [4.69, 9.17) is 18.6 Å². The highest BCUT2D eigenvalue weighted by Gasteiger charge is 2.16. The zero-order valence-electron chi connectivity index (χ0n) is 15.2. The average molecular weight is 369 g/mol. The molecule has 0 aliphatic heterocycles. The number of benzene rings is 2. The predicted octanol–water partition coefficient (Wildman–Crippen LogP) is 2.94. The van der Waals surface area contributed by atoms with Crippen LogP contribution in [0.25, 0.3) is 11.5 Å². The van der Waals surface area contributed by atoms with E-state index in [0.29, 0.717) is 17.1 Å². The van der Waals surface area contributed by atoms with Gasteiger partial charge in [0.15, 0.2) is 0 Å². The number of anilines is 1. The first kappa shape index (κ1) is 18.2. The highest BCUT2D eigenvalue weighted by Crippen LogP contribution is 2.33. The molecule has 0 saturated heterocycles. The third kappa shape index (κ3) is 4.35. The average Bonchev–Trinajstić information content (AvgIpc) is 3.16. The summed E-state index contributed by atoms with van der Waals surface area (Å²) in [7, 11) is 4.69. The topological polar surface area (TPSA) is 95.7 Å². The van der Waals surface area contributed by atoms with Crippen LogP contribution in [0.1, 0.15) is 5.56 Å². The van der Waals surface area contributed by atoms with Crippen LogP contribution in [0.15, 0.2) is 46.9 Å². The van der Waals surface area contributed by atoms with E-state index in [9.17, 15) is 4.79 Å². The van der Waals surface area contributed by atoms with Crippen LogP contribution in [0.4, 0.5) is 6.01 Å². The van der Waals surface area contributed by atoms with E-state index in [-0.39, 0.29) is 24.2 Å². The van der Waals surface area contributed by atoms with Gasteiger partial charge in [-0.15, -0.1) is 5.10 Å². The summed E-state index contributed by atoms with van der Waals surface area (Å²) in [4.78, 5) is 12.2. The third-order valence-electron chi connectivity index (χ3n) is 3.83. The number of hydrogen-bond donors (Lipinski definition) is 1. The van der Waals surface area contributed by atoms with Crippen LogP contribution in [0.3, 0.4) is 0 Å². The van der Waals surface area contributed by atoms with Crippen LogP contribution < -0.4 is 19.5 Å². The second-order valence-electron chi connectivity index (χ2n) is 5.55. The molecular weight excluding hydrogens is 350 g/mol. The Morgan fingerprint density at radius 1 is 0.963 bits per heavy atom. The van der Waals surface area contributed by atoms with Gasteiger partial charge in [-0.3, -0.25) is 10.1 Å². The minimum Gasteiger partial charge on any atom is -0.497 e. The summed E-state index contributed by atoms with van der Waals surface area (Å²) in [6.45, 7) is 0. The van der Waals surface area contributed by atoms with Gasteiger partial charge in [0, 0.05) is 0 Å². The highest BCUT2D eigenvalue weighted by molar-refractivity contribution is 5.90. The van der Waals surface area contributed by atoms with E-state index in [0.717, 1.165) is 11.3 Å². The lowest BCUT2D eigenvalue weighted by molar-refractivity contribution is -0.115. The van der Waals surface area contributed by atoms with Crippen molar-refractivity contribution in [2.45, 2.75) is 6.42 Å². The molecule has 0 aliphatic rings. The normalized spacial score (nSPS) is 10.3. The molecule has 3 aromatic rings. The highest BCUT2D eigenvalue weighted by atomic mass is 16.5. The van der Waals surface area contributed by atoms with Crippen molar-refractivity contribution in [3.05, 3.63) is 48.0 Å². The summed E-state index contributed by atoms with van der Waals surface area (Å²) in [6, 6.07) is 12.4. The SMILES string of the molecule is COc1ccc(CC(=O)Nc2nnc(-c3cc(OC)ccc3OC)o2)cc1. The Morgan fingerprint density at radius 2 is 1.67 bits per heavy atom. The number of ether oxygens (including phenoxy) is 3. The quantitative estimate of drug-likeness (QED) is 0.684. The van der Waals surface area contributed by atoms with Crippen LogP contribution in [0.2, 0.25) is 0 Å². The molecule has 140 valence electrons. The Labute approximate surface area is 156 Å². The molecule has 8 heteroatoms. The fourth-order valence-electron chi connectivity index (χ4n) is 2.46. The molecule has 1 aromatic heterocycles. The van der Waals surface area contributed by atoms with Gasteiger partial charge in [0.2, 0.25) is 5.91 Å². The largest absolute Gasteiger partial charge is 0.497 e. The van der Waals surface area contributed by atoms with E-state index in [1.165, 1.54) is 0 Å². The molecule has 0 spiro atoms. The molecule has 0 aliphatic carbocycles. The first-order valence-electron chi connectivity index (χ1n) is 8.11. The van der Waals surface area contributed by atoms with Crippen molar-refractivity contribution in [3.63, 3.8) is 0 Å². The maximum absolute atomic E-state index is 12.2. The summed E-state index contributed by atoms with van der Waals surface area (Å²) in [6.07, 6.45) is 0.171. The van der Waals surface area contributed by atoms with E-state index >= 15 is 0 Å². The van der Waals surface area contributed by atoms with Gasteiger partial charge in [0.1, 0.15) is 17.2 Å². The number of hydrogen-bond acceptors (Lipinski definition) is 7. The Balaban J connectivity index is 1.71. The maximum atomic E-state index is 12.2. The number of rotatable bonds is 7. The van der Waals surface area contributed by atoms with Crippen molar-refractivity contribution in [2.24, 2.45) is 0 Å². The summed E-state index contributed by atoms with van der Waals surface area (Å²) in [5.41, 5.74) is 1.41. The van der Waals surface area contributed by atoms with E-state index < -0.39 is 0 Å². The number of methoxy groups -OCH3 is 3. The van der Waals surface area contributed by atoms with Crippen molar-refractivity contribution >= 4 is 11.9 Å². The van der Waals surface area contributed by atoms with Gasteiger partial charge in [0.25, 0.3) is 5.89 Å². The van der Waals surface area contributed by atoms with Gasteiger partial charge in [0.05, 0.1) is 33.3 Å². The molecule has 1 heterocycles. The van der Waals surface area contributed by atoms with Crippen molar-refractivity contribution < 1.29 is 23.4 Å². The Morgan fingerprint density at radius 3 is 2.33 bits per heavy atom. The van der Waals surface area contributed by atoms with Gasteiger partial charge in [-0.25, -0.2) is 0 Å². The summed E-state index contributed by atoms with van der Waals surface area (Å²) in [5.74, 6) is 1.84. The van der Waals surface area contributed by atoms with Gasteiger partial charge >= 0.3 is 6.01 Å². The first-order chi connectivity index (χ1) is 13.1. The Hall–Kier alpha value is -3.55. The standard InChI is InChI=1S/C19H19N3O5/c1-24-13-6-4-12(5-7-13)10-17(23)20-19-22-21-18(27-19)15-11-14(25-2)8-9-16(15)26-3/h4-9,11H,10H2,1-3H3,(H,20,22,23). The fourth-order valence-corrected chi connectivity index (χ4v) is 2.46. The van der Waals surface area contributed by atoms with Crippen LogP contribution >= 0.6 is 0 Å². The number of nitrogens with one attached hydrogen (secondary N) is 1. The number of carbonyl (C=O) groups excluding carboxylic acids is 1. The third-order valence-corrected chi connectivity index (χ3v) is 3.83.